The average Bonchev–Trinajstić information content (AvgIpc) is 2.58. The molecule has 0 radical (unpaired) electrons. The number of benzene rings is 2. The SMILES string of the molecule is COc1ccc(OC)c(NC(=O)NCCOc2cccc(C)c2)c1. The Morgan fingerprint density at radius 3 is 2.58 bits per heavy atom. The Kier molecular flexibility index (Phi) is 6.31. The summed E-state index contributed by atoms with van der Waals surface area (Å²) in [6.45, 7) is 2.76. The van der Waals surface area contributed by atoms with Crippen LogP contribution in [0.5, 0.6) is 17.2 Å². The van der Waals surface area contributed by atoms with Gasteiger partial charge in [-0.05, 0) is 36.8 Å². The quantitative estimate of drug-likeness (QED) is 0.765. The van der Waals surface area contributed by atoms with Crippen LogP contribution in [0, 0.1) is 6.92 Å². The van der Waals surface area contributed by atoms with Crippen molar-refractivity contribution in [3.63, 3.8) is 0 Å². The van der Waals surface area contributed by atoms with Crippen LogP contribution in [0.15, 0.2) is 42.5 Å². The van der Waals surface area contributed by atoms with Crippen LogP contribution in [-0.2, 0) is 0 Å². The van der Waals surface area contributed by atoms with Crippen molar-refractivity contribution in [2.75, 3.05) is 32.7 Å². The molecule has 0 aliphatic rings. The van der Waals surface area contributed by atoms with Crippen molar-refractivity contribution in [3.05, 3.63) is 48.0 Å². The Labute approximate surface area is 141 Å². The molecule has 24 heavy (non-hydrogen) atoms. The van der Waals surface area contributed by atoms with Crippen LogP contribution in [0.4, 0.5) is 10.5 Å². The molecule has 6 heteroatoms. The van der Waals surface area contributed by atoms with Gasteiger partial charge in [-0.2, -0.15) is 0 Å². The highest BCUT2D eigenvalue weighted by Gasteiger charge is 2.08. The van der Waals surface area contributed by atoms with Crippen LogP contribution in [-0.4, -0.2) is 33.4 Å². The second kappa shape index (κ2) is 8.67. The molecule has 0 atom stereocenters. The highest BCUT2D eigenvalue weighted by atomic mass is 16.5. The molecule has 0 aromatic heterocycles. The second-order valence-corrected chi connectivity index (χ2v) is 5.11. The summed E-state index contributed by atoms with van der Waals surface area (Å²) in [5.41, 5.74) is 1.66. The summed E-state index contributed by atoms with van der Waals surface area (Å²) in [6, 6.07) is 12.6. The molecule has 128 valence electrons. The maximum absolute atomic E-state index is 12.0. The van der Waals surface area contributed by atoms with E-state index in [4.69, 9.17) is 14.2 Å². The fourth-order valence-electron chi connectivity index (χ4n) is 2.12. The number of anilines is 1. The molecule has 0 saturated carbocycles. The first kappa shape index (κ1) is 17.5. The van der Waals surface area contributed by atoms with Crippen molar-refractivity contribution in [2.45, 2.75) is 6.92 Å². The molecule has 0 fully saturated rings. The third-order valence-corrected chi connectivity index (χ3v) is 3.30. The number of rotatable bonds is 7. The third-order valence-electron chi connectivity index (χ3n) is 3.30. The molecule has 2 aromatic rings. The lowest BCUT2D eigenvalue weighted by atomic mass is 10.2. The summed E-state index contributed by atoms with van der Waals surface area (Å²) in [4.78, 5) is 12.0. The first-order valence-electron chi connectivity index (χ1n) is 7.58. The Bertz CT molecular complexity index is 688. The Hall–Kier alpha value is -2.89. The highest BCUT2D eigenvalue weighted by Crippen LogP contribution is 2.28. The lowest BCUT2D eigenvalue weighted by Crippen LogP contribution is -2.32. The number of ether oxygens (including phenoxy) is 3. The van der Waals surface area contributed by atoms with E-state index in [9.17, 15) is 4.79 Å². The number of nitrogens with one attached hydrogen (secondary N) is 2. The van der Waals surface area contributed by atoms with E-state index < -0.39 is 0 Å². The topological polar surface area (TPSA) is 68.8 Å². The van der Waals surface area contributed by atoms with Crippen LogP contribution in [0.3, 0.4) is 0 Å². The van der Waals surface area contributed by atoms with Crippen molar-refractivity contribution in [1.82, 2.24) is 5.32 Å². The molecule has 6 nitrogen and oxygen atoms in total. The maximum atomic E-state index is 12.0. The molecule has 2 aromatic carbocycles. The molecular formula is C18H22N2O4. The average molecular weight is 330 g/mol. The Balaban J connectivity index is 1.81. The summed E-state index contributed by atoms with van der Waals surface area (Å²) in [6.07, 6.45) is 0. The molecule has 0 bridgehead atoms. The van der Waals surface area contributed by atoms with Gasteiger partial charge in [0, 0.05) is 6.07 Å². The van der Waals surface area contributed by atoms with Gasteiger partial charge in [-0.15, -0.1) is 0 Å². The number of carbonyl (C=O) groups is 1. The van der Waals surface area contributed by atoms with Crippen LogP contribution >= 0.6 is 0 Å². The highest BCUT2D eigenvalue weighted by molar-refractivity contribution is 5.91. The van der Waals surface area contributed by atoms with Crippen molar-refractivity contribution in [3.8, 4) is 17.2 Å². The number of hydrogen-bond acceptors (Lipinski definition) is 4. The summed E-state index contributed by atoms with van der Waals surface area (Å²) in [5.74, 6) is 1.97. The number of amides is 2. The van der Waals surface area contributed by atoms with Gasteiger partial charge >= 0.3 is 6.03 Å². The van der Waals surface area contributed by atoms with Gasteiger partial charge in [-0.1, -0.05) is 12.1 Å². The molecule has 0 unspecified atom stereocenters. The first-order chi connectivity index (χ1) is 11.6. The van der Waals surface area contributed by atoms with Crippen LogP contribution in [0.25, 0.3) is 0 Å². The van der Waals surface area contributed by atoms with Crippen molar-refractivity contribution in [1.29, 1.82) is 0 Å². The number of methoxy groups -OCH3 is 2. The largest absolute Gasteiger partial charge is 0.497 e. The van der Waals surface area contributed by atoms with Gasteiger partial charge in [-0.3, -0.25) is 0 Å². The molecule has 0 heterocycles. The fourth-order valence-corrected chi connectivity index (χ4v) is 2.12. The van der Waals surface area contributed by atoms with Gasteiger partial charge in [0.25, 0.3) is 0 Å². The standard InChI is InChI=1S/C18H22N2O4/c1-13-5-4-6-15(11-13)24-10-9-19-18(21)20-16-12-14(22-2)7-8-17(16)23-3/h4-8,11-12H,9-10H2,1-3H3,(H2,19,20,21). The van der Waals surface area contributed by atoms with E-state index in [1.54, 1.807) is 32.4 Å². The van der Waals surface area contributed by atoms with Crippen LogP contribution < -0.4 is 24.8 Å². The van der Waals surface area contributed by atoms with E-state index in [0.29, 0.717) is 30.3 Å². The molecule has 0 spiro atoms. The third kappa shape index (κ3) is 5.08. The minimum Gasteiger partial charge on any atom is -0.497 e. The lowest BCUT2D eigenvalue weighted by molar-refractivity contribution is 0.247. The molecule has 0 saturated heterocycles. The summed E-state index contributed by atoms with van der Waals surface area (Å²) < 4.78 is 15.9. The van der Waals surface area contributed by atoms with Gasteiger partial charge in [0.15, 0.2) is 0 Å². The molecule has 2 rings (SSSR count). The maximum Gasteiger partial charge on any atom is 0.319 e. The van der Waals surface area contributed by atoms with Crippen LogP contribution in [0.2, 0.25) is 0 Å². The fraction of sp³-hybridized carbons (Fsp3) is 0.278. The lowest BCUT2D eigenvalue weighted by Gasteiger charge is -2.13. The van der Waals surface area contributed by atoms with E-state index >= 15 is 0 Å². The Morgan fingerprint density at radius 2 is 1.88 bits per heavy atom. The van der Waals surface area contributed by atoms with Gasteiger partial charge in [-0.25, -0.2) is 4.79 Å². The molecular weight excluding hydrogens is 308 g/mol. The van der Waals surface area contributed by atoms with Crippen LogP contribution in [0.1, 0.15) is 5.56 Å². The molecule has 0 aliphatic carbocycles. The van der Waals surface area contributed by atoms with Crippen molar-refractivity contribution in [2.24, 2.45) is 0 Å². The van der Waals surface area contributed by atoms with Crippen molar-refractivity contribution < 1.29 is 19.0 Å². The first-order valence-corrected chi connectivity index (χ1v) is 7.58. The predicted octanol–water partition coefficient (Wildman–Crippen LogP) is 3.21. The number of urea groups is 1. The monoisotopic (exact) mass is 330 g/mol. The minimum absolute atomic E-state index is 0.339. The van der Waals surface area contributed by atoms with E-state index in [1.807, 2.05) is 31.2 Å². The van der Waals surface area contributed by atoms with Gasteiger partial charge in [0.05, 0.1) is 26.5 Å². The van der Waals surface area contributed by atoms with E-state index in [-0.39, 0.29) is 6.03 Å². The zero-order chi connectivity index (χ0) is 17.4. The summed E-state index contributed by atoms with van der Waals surface area (Å²) in [5, 5.41) is 5.47. The molecule has 2 amide bonds. The van der Waals surface area contributed by atoms with Gasteiger partial charge in [0.1, 0.15) is 23.9 Å². The van der Waals surface area contributed by atoms with E-state index in [2.05, 4.69) is 10.6 Å². The second-order valence-electron chi connectivity index (χ2n) is 5.11. The van der Waals surface area contributed by atoms with Gasteiger partial charge in [0.2, 0.25) is 0 Å². The number of hydrogen-bond donors (Lipinski definition) is 2. The smallest absolute Gasteiger partial charge is 0.319 e. The van der Waals surface area contributed by atoms with Crippen molar-refractivity contribution >= 4 is 11.7 Å². The van der Waals surface area contributed by atoms with E-state index in [1.165, 1.54) is 0 Å². The summed E-state index contributed by atoms with van der Waals surface area (Å²) >= 11 is 0. The Morgan fingerprint density at radius 1 is 1.04 bits per heavy atom. The summed E-state index contributed by atoms with van der Waals surface area (Å²) in [7, 11) is 3.11. The van der Waals surface area contributed by atoms with E-state index in [0.717, 1.165) is 11.3 Å². The van der Waals surface area contributed by atoms with Gasteiger partial charge < -0.3 is 24.8 Å². The minimum atomic E-state index is -0.339. The molecule has 0 aliphatic heterocycles. The number of aryl methyl sites for hydroxylation is 1. The zero-order valence-electron chi connectivity index (χ0n) is 14.1. The number of carbonyl (C=O) groups excluding carboxylic acids is 1. The predicted molar refractivity (Wildman–Crippen MR) is 93.2 cm³/mol. The molecule has 2 N–H and O–H groups in total. The normalized spacial score (nSPS) is 9.96. The zero-order valence-corrected chi connectivity index (χ0v) is 14.1.